The van der Waals surface area contributed by atoms with Gasteiger partial charge in [-0.2, -0.15) is 0 Å². The Kier molecular flexibility index (Phi) is 5.00. The summed E-state index contributed by atoms with van der Waals surface area (Å²) >= 11 is 0. The van der Waals surface area contributed by atoms with E-state index in [0.717, 1.165) is 34.8 Å². The lowest BCUT2D eigenvalue weighted by Crippen LogP contribution is -2.21. The summed E-state index contributed by atoms with van der Waals surface area (Å²) in [6, 6.07) is 11.7. The second-order valence-electron chi connectivity index (χ2n) is 5.62. The lowest BCUT2D eigenvalue weighted by molar-refractivity contribution is -0.114. The fraction of sp³-hybridized carbons (Fsp3) is 0.263. The SMILES string of the molecule is CCOc1ccc(-c2nc3ccc(NC(=O)CN)cn3c2CC)cc1. The molecule has 0 spiro atoms. The molecule has 0 saturated carbocycles. The predicted molar refractivity (Wildman–Crippen MR) is 98.9 cm³/mol. The number of fused-ring (bicyclic) bond motifs is 1. The van der Waals surface area contributed by atoms with Gasteiger partial charge in [0, 0.05) is 11.8 Å². The maximum absolute atomic E-state index is 11.5. The molecule has 3 aromatic rings. The summed E-state index contributed by atoms with van der Waals surface area (Å²) in [7, 11) is 0. The summed E-state index contributed by atoms with van der Waals surface area (Å²) < 4.78 is 7.51. The molecule has 6 heteroatoms. The Morgan fingerprint density at radius 3 is 2.60 bits per heavy atom. The van der Waals surface area contributed by atoms with Crippen molar-refractivity contribution in [3.63, 3.8) is 0 Å². The Bertz CT molecular complexity index is 884. The lowest BCUT2D eigenvalue weighted by atomic mass is 10.1. The number of pyridine rings is 1. The second-order valence-corrected chi connectivity index (χ2v) is 5.62. The van der Waals surface area contributed by atoms with E-state index in [0.29, 0.717) is 12.3 Å². The minimum atomic E-state index is -0.218. The van der Waals surface area contributed by atoms with Gasteiger partial charge in [-0.25, -0.2) is 4.98 Å². The lowest BCUT2D eigenvalue weighted by Gasteiger charge is -2.07. The van der Waals surface area contributed by atoms with E-state index in [9.17, 15) is 4.79 Å². The maximum Gasteiger partial charge on any atom is 0.238 e. The number of carbonyl (C=O) groups is 1. The van der Waals surface area contributed by atoms with E-state index in [-0.39, 0.29) is 12.5 Å². The minimum Gasteiger partial charge on any atom is -0.494 e. The Labute approximate surface area is 146 Å². The van der Waals surface area contributed by atoms with Gasteiger partial charge in [-0.15, -0.1) is 0 Å². The van der Waals surface area contributed by atoms with E-state index >= 15 is 0 Å². The number of ether oxygens (including phenoxy) is 1. The van der Waals surface area contributed by atoms with Gasteiger partial charge in [-0.1, -0.05) is 6.92 Å². The van der Waals surface area contributed by atoms with E-state index in [1.165, 1.54) is 0 Å². The molecule has 0 saturated heterocycles. The Hall–Kier alpha value is -2.86. The molecule has 3 N–H and O–H groups in total. The highest BCUT2D eigenvalue weighted by Gasteiger charge is 2.13. The normalized spacial score (nSPS) is 10.8. The van der Waals surface area contributed by atoms with Crippen molar-refractivity contribution in [1.29, 1.82) is 0 Å². The summed E-state index contributed by atoms with van der Waals surface area (Å²) in [5.41, 5.74) is 9.96. The van der Waals surface area contributed by atoms with E-state index in [1.54, 1.807) is 0 Å². The first-order chi connectivity index (χ1) is 12.2. The van der Waals surface area contributed by atoms with Gasteiger partial charge in [0.25, 0.3) is 0 Å². The van der Waals surface area contributed by atoms with Crippen LogP contribution in [0.3, 0.4) is 0 Å². The highest BCUT2D eigenvalue weighted by atomic mass is 16.5. The summed E-state index contributed by atoms with van der Waals surface area (Å²) in [4.78, 5) is 16.3. The molecule has 0 fully saturated rings. The van der Waals surface area contributed by atoms with Crippen molar-refractivity contribution in [1.82, 2.24) is 9.38 Å². The Morgan fingerprint density at radius 2 is 1.96 bits per heavy atom. The molecule has 130 valence electrons. The summed E-state index contributed by atoms with van der Waals surface area (Å²) in [5.74, 6) is 0.629. The van der Waals surface area contributed by atoms with Crippen LogP contribution in [-0.2, 0) is 11.2 Å². The van der Waals surface area contributed by atoms with Crippen LogP contribution in [0.2, 0.25) is 0 Å². The summed E-state index contributed by atoms with van der Waals surface area (Å²) in [6.45, 7) is 4.66. The van der Waals surface area contributed by atoms with Gasteiger partial charge >= 0.3 is 0 Å². The van der Waals surface area contributed by atoms with Crippen molar-refractivity contribution in [2.45, 2.75) is 20.3 Å². The summed E-state index contributed by atoms with van der Waals surface area (Å²) in [6.07, 6.45) is 2.70. The number of hydrogen-bond donors (Lipinski definition) is 2. The number of anilines is 1. The molecule has 2 aromatic heterocycles. The third-order valence-corrected chi connectivity index (χ3v) is 3.96. The van der Waals surface area contributed by atoms with Crippen molar-refractivity contribution >= 4 is 17.2 Å². The number of imidazole rings is 1. The molecular weight excluding hydrogens is 316 g/mol. The van der Waals surface area contributed by atoms with Gasteiger partial charge in [0.05, 0.1) is 30.2 Å². The molecule has 0 aliphatic carbocycles. The number of nitrogens with zero attached hydrogens (tertiary/aromatic N) is 2. The Morgan fingerprint density at radius 1 is 1.20 bits per heavy atom. The monoisotopic (exact) mass is 338 g/mol. The molecule has 0 unspecified atom stereocenters. The quantitative estimate of drug-likeness (QED) is 0.724. The number of carbonyl (C=O) groups excluding carboxylic acids is 1. The van der Waals surface area contributed by atoms with Gasteiger partial charge in [0.15, 0.2) is 0 Å². The van der Waals surface area contributed by atoms with E-state index in [2.05, 4.69) is 12.2 Å². The van der Waals surface area contributed by atoms with Crippen molar-refractivity contribution in [3.8, 4) is 17.0 Å². The van der Waals surface area contributed by atoms with Crippen molar-refractivity contribution in [3.05, 3.63) is 48.3 Å². The first kappa shape index (κ1) is 17.0. The van der Waals surface area contributed by atoms with Crippen LogP contribution in [0.1, 0.15) is 19.5 Å². The molecule has 6 nitrogen and oxygen atoms in total. The van der Waals surface area contributed by atoms with Crippen LogP contribution in [-0.4, -0.2) is 28.4 Å². The second kappa shape index (κ2) is 7.36. The highest BCUT2D eigenvalue weighted by Crippen LogP contribution is 2.27. The molecule has 3 rings (SSSR count). The first-order valence-electron chi connectivity index (χ1n) is 8.40. The number of rotatable bonds is 6. The number of nitrogens with two attached hydrogens (primary N) is 1. The van der Waals surface area contributed by atoms with Crippen molar-refractivity contribution in [2.75, 3.05) is 18.5 Å². The molecule has 25 heavy (non-hydrogen) atoms. The molecule has 0 bridgehead atoms. The van der Waals surface area contributed by atoms with E-state index in [1.807, 2.05) is 53.9 Å². The van der Waals surface area contributed by atoms with Crippen molar-refractivity contribution in [2.24, 2.45) is 5.73 Å². The zero-order valence-electron chi connectivity index (χ0n) is 14.5. The summed E-state index contributed by atoms with van der Waals surface area (Å²) in [5, 5.41) is 2.78. The van der Waals surface area contributed by atoms with Gasteiger partial charge in [-0.05, 0) is 49.7 Å². The molecule has 0 atom stereocenters. The van der Waals surface area contributed by atoms with Crippen LogP contribution in [0.4, 0.5) is 5.69 Å². The molecule has 1 aromatic carbocycles. The molecule has 1 amide bonds. The fourth-order valence-corrected chi connectivity index (χ4v) is 2.82. The van der Waals surface area contributed by atoms with Gasteiger partial charge in [0.2, 0.25) is 5.91 Å². The largest absolute Gasteiger partial charge is 0.494 e. The Balaban J connectivity index is 2.02. The highest BCUT2D eigenvalue weighted by molar-refractivity contribution is 5.92. The molecule has 0 radical (unpaired) electrons. The third kappa shape index (κ3) is 3.49. The fourth-order valence-electron chi connectivity index (χ4n) is 2.82. The number of hydrogen-bond acceptors (Lipinski definition) is 4. The average molecular weight is 338 g/mol. The van der Waals surface area contributed by atoms with Gasteiger partial charge in [0.1, 0.15) is 11.4 Å². The van der Waals surface area contributed by atoms with Crippen LogP contribution >= 0.6 is 0 Å². The number of amides is 1. The zero-order valence-corrected chi connectivity index (χ0v) is 14.5. The smallest absolute Gasteiger partial charge is 0.238 e. The van der Waals surface area contributed by atoms with Crippen LogP contribution in [0, 0.1) is 0 Å². The zero-order chi connectivity index (χ0) is 17.8. The predicted octanol–water partition coefficient (Wildman–Crippen LogP) is 2.86. The van der Waals surface area contributed by atoms with Crippen LogP contribution in [0.15, 0.2) is 42.6 Å². The number of aromatic nitrogens is 2. The maximum atomic E-state index is 11.5. The molecule has 0 aliphatic rings. The number of nitrogens with one attached hydrogen (secondary N) is 1. The topological polar surface area (TPSA) is 81.6 Å². The van der Waals surface area contributed by atoms with Crippen LogP contribution in [0.25, 0.3) is 16.9 Å². The molecule has 0 aliphatic heterocycles. The standard InChI is InChI=1S/C19H22N4O2/c1-3-16-19(13-5-8-15(9-6-13)25-4-2)22-17-10-7-14(12-23(16)17)21-18(24)11-20/h5-10,12H,3-4,11,20H2,1-2H3,(H,21,24). The number of benzene rings is 1. The van der Waals surface area contributed by atoms with E-state index < -0.39 is 0 Å². The number of aryl methyl sites for hydroxylation is 1. The van der Waals surface area contributed by atoms with Crippen LogP contribution < -0.4 is 15.8 Å². The van der Waals surface area contributed by atoms with Crippen molar-refractivity contribution < 1.29 is 9.53 Å². The average Bonchev–Trinajstić information content (AvgIpc) is 3.00. The van der Waals surface area contributed by atoms with Gasteiger partial charge < -0.3 is 20.2 Å². The molecule has 2 heterocycles. The third-order valence-electron chi connectivity index (χ3n) is 3.96. The molecular formula is C19H22N4O2. The van der Waals surface area contributed by atoms with Crippen LogP contribution in [0.5, 0.6) is 5.75 Å². The minimum absolute atomic E-state index is 0.0416. The first-order valence-corrected chi connectivity index (χ1v) is 8.40. The van der Waals surface area contributed by atoms with E-state index in [4.69, 9.17) is 15.5 Å². The van der Waals surface area contributed by atoms with Gasteiger partial charge in [-0.3, -0.25) is 4.79 Å².